The fourth-order valence-electron chi connectivity index (χ4n) is 2.40. The van der Waals surface area contributed by atoms with Crippen LogP contribution in [0.5, 0.6) is 0 Å². The van der Waals surface area contributed by atoms with Gasteiger partial charge >= 0.3 is 5.97 Å². The summed E-state index contributed by atoms with van der Waals surface area (Å²) in [5, 5.41) is 11.5. The third kappa shape index (κ3) is 6.43. The number of carbonyl (C=O) groups is 2. The number of carbonyl (C=O) groups excluding carboxylic acids is 1. The molecule has 0 saturated heterocycles. The van der Waals surface area contributed by atoms with Crippen molar-refractivity contribution in [3.05, 3.63) is 35.9 Å². The van der Waals surface area contributed by atoms with E-state index in [1.54, 1.807) is 0 Å². The van der Waals surface area contributed by atoms with Crippen LogP contribution in [0.3, 0.4) is 0 Å². The molecule has 0 spiro atoms. The molecular weight excluding hydrogens is 266 g/mol. The van der Waals surface area contributed by atoms with Crippen molar-refractivity contribution in [1.82, 2.24) is 5.32 Å². The summed E-state index contributed by atoms with van der Waals surface area (Å²) in [5.41, 5.74) is 1.04. The van der Waals surface area contributed by atoms with Crippen LogP contribution < -0.4 is 5.32 Å². The minimum absolute atomic E-state index is 0.0504. The Bertz CT molecular complexity index is 443. The van der Waals surface area contributed by atoms with Crippen LogP contribution >= 0.6 is 0 Å². The van der Waals surface area contributed by atoms with Crippen LogP contribution in [0.15, 0.2) is 30.3 Å². The number of amides is 1. The molecule has 1 amide bonds. The number of hydrogen-bond donors (Lipinski definition) is 2. The minimum Gasteiger partial charge on any atom is -0.481 e. The van der Waals surface area contributed by atoms with Crippen LogP contribution in [0.2, 0.25) is 0 Å². The minimum atomic E-state index is -0.761. The van der Waals surface area contributed by atoms with E-state index in [1.165, 1.54) is 0 Å². The van der Waals surface area contributed by atoms with Gasteiger partial charge in [0.25, 0.3) is 0 Å². The molecule has 0 saturated carbocycles. The van der Waals surface area contributed by atoms with Gasteiger partial charge in [0.15, 0.2) is 0 Å². The van der Waals surface area contributed by atoms with Gasteiger partial charge in [-0.15, -0.1) is 0 Å². The molecule has 0 aliphatic carbocycles. The van der Waals surface area contributed by atoms with Gasteiger partial charge < -0.3 is 10.4 Å². The maximum atomic E-state index is 12.3. The van der Waals surface area contributed by atoms with Crippen LogP contribution in [0.25, 0.3) is 0 Å². The number of benzene rings is 1. The second-order valence-electron chi connectivity index (χ2n) is 5.63. The van der Waals surface area contributed by atoms with Crippen molar-refractivity contribution in [2.45, 2.75) is 45.4 Å². The molecule has 0 bridgehead atoms. The van der Waals surface area contributed by atoms with Gasteiger partial charge in [0.2, 0.25) is 5.91 Å². The van der Waals surface area contributed by atoms with Crippen molar-refractivity contribution in [3.8, 4) is 0 Å². The lowest BCUT2D eigenvalue weighted by Gasteiger charge is -2.20. The maximum absolute atomic E-state index is 12.3. The summed E-state index contributed by atoms with van der Waals surface area (Å²) in [6, 6.07) is 9.81. The molecule has 4 heteroatoms. The largest absolute Gasteiger partial charge is 0.481 e. The third-order valence-electron chi connectivity index (χ3n) is 3.47. The van der Waals surface area contributed by atoms with E-state index in [2.05, 4.69) is 5.32 Å². The molecule has 2 N–H and O–H groups in total. The Hall–Kier alpha value is -1.84. The van der Waals surface area contributed by atoms with Crippen LogP contribution in [0.4, 0.5) is 0 Å². The lowest BCUT2D eigenvalue weighted by Crippen LogP contribution is -2.32. The lowest BCUT2D eigenvalue weighted by atomic mass is 9.87. The third-order valence-corrected chi connectivity index (χ3v) is 3.47. The van der Waals surface area contributed by atoms with Crippen molar-refractivity contribution in [3.63, 3.8) is 0 Å². The van der Waals surface area contributed by atoms with Gasteiger partial charge in [0.05, 0.1) is 5.92 Å². The molecule has 0 radical (unpaired) electrons. The average Bonchev–Trinajstić information content (AvgIpc) is 2.43. The molecular formula is C17H25NO3. The summed E-state index contributed by atoms with van der Waals surface area (Å²) in [5.74, 6) is -0.609. The summed E-state index contributed by atoms with van der Waals surface area (Å²) in [6.07, 6.45) is 2.51. The lowest BCUT2D eigenvalue weighted by molar-refractivity contribution is -0.137. The number of unbranched alkanes of at least 4 members (excludes halogenated alkanes) is 2. The van der Waals surface area contributed by atoms with Gasteiger partial charge in [-0.3, -0.25) is 9.59 Å². The number of nitrogens with one attached hydrogen (secondary N) is 1. The molecule has 0 heterocycles. The number of carboxylic acid groups (broad SMARTS) is 1. The van der Waals surface area contributed by atoms with Crippen LogP contribution in [-0.4, -0.2) is 23.5 Å². The summed E-state index contributed by atoms with van der Waals surface area (Å²) in [4.78, 5) is 22.7. The first kappa shape index (κ1) is 17.2. The van der Waals surface area contributed by atoms with E-state index >= 15 is 0 Å². The van der Waals surface area contributed by atoms with Crippen LogP contribution in [0.1, 0.15) is 51.0 Å². The summed E-state index contributed by atoms with van der Waals surface area (Å²) in [7, 11) is 0. The van der Waals surface area contributed by atoms with Crippen molar-refractivity contribution in [2.24, 2.45) is 5.92 Å². The molecule has 1 unspecified atom stereocenters. The van der Waals surface area contributed by atoms with Gasteiger partial charge in [-0.2, -0.15) is 0 Å². The van der Waals surface area contributed by atoms with Crippen molar-refractivity contribution < 1.29 is 14.7 Å². The zero-order valence-corrected chi connectivity index (χ0v) is 12.8. The Kier molecular flexibility index (Phi) is 7.51. The second-order valence-corrected chi connectivity index (χ2v) is 5.63. The topological polar surface area (TPSA) is 66.4 Å². The van der Waals surface area contributed by atoms with E-state index in [0.717, 1.165) is 18.4 Å². The molecule has 0 aromatic heterocycles. The number of rotatable bonds is 9. The van der Waals surface area contributed by atoms with Gasteiger partial charge in [0.1, 0.15) is 0 Å². The van der Waals surface area contributed by atoms with E-state index in [4.69, 9.17) is 5.11 Å². The standard InChI is InChI=1S/C17H25NO3/c1-13(2)16(14-9-5-3-6-10-14)17(21)18-12-8-4-7-11-15(19)20/h3,5-6,9-10,13,16H,4,7-8,11-12H2,1-2H3,(H,18,21)(H,19,20). The molecule has 1 aromatic carbocycles. The number of hydrogen-bond acceptors (Lipinski definition) is 2. The van der Waals surface area contributed by atoms with E-state index in [1.807, 2.05) is 44.2 Å². The summed E-state index contributed by atoms with van der Waals surface area (Å²) >= 11 is 0. The fraction of sp³-hybridized carbons (Fsp3) is 0.529. The number of carboxylic acids is 1. The quantitative estimate of drug-likeness (QED) is 0.687. The highest BCUT2D eigenvalue weighted by Gasteiger charge is 2.23. The van der Waals surface area contributed by atoms with Crippen molar-refractivity contribution >= 4 is 11.9 Å². The van der Waals surface area contributed by atoms with Crippen LogP contribution in [0, 0.1) is 5.92 Å². The predicted octanol–water partition coefficient (Wildman–Crippen LogP) is 3.19. The van der Waals surface area contributed by atoms with Gasteiger partial charge in [-0.25, -0.2) is 0 Å². The molecule has 0 aliphatic rings. The smallest absolute Gasteiger partial charge is 0.303 e. The van der Waals surface area contributed by atoms with Gasteiger partial charge in [-0.1, -0.05) is 50.6 Å². The zero-order chi connectivity index (χ0) is 15.7. The molecule has 0 aliphatic heterocycles. The summed E-state index contributed by atoms with van der Waals surface area (Å²) in [6.45, 7) is 4.70. The SMILES string of the molecule is CC(C)C(C(=O)NCCCCCC(=O)O)c1ccccc1. The van der Waals surface area contributed by atoms with Gasteiger partial charge in [0, 0.05) is 13.0 Å². The van der Waals surface area contributed by atoms with Gasteiger partial charge in [-0.05, 0) is 24.3 Å². The first-order chi connectivity index (χ1) is 10.0. The highest BCUT2D eigenvalue weighted by Crippen LogP contribution is 2.24. The zero-order valence-electron chi connectivity index (χ0n) is 12.8. The van der Waals surface area contributed by atoms with Crippen LogP contribution in [-0.2, 0) is 9.59 Å². The predicted molar refractivity (Wildman–Crippen MR) is 83.1 cm³/mol. The Morgan fingerprint density at radius 3 is 2.33 bits per heavy atom. The fourth-order valence-corrected chi connectivity index (χ4v) is 2.40. The van der Waals surface area contributed by atoms with Crippen molar-refractivity contribution in [1.29, 1.82) is 0 Å². The Morgan fingerprint density at radius 2 is 1.76 bits per heavy atom. The number of aliphatic carboxylic acids is 1. The summed E-state index contributed by atoms with van der Waals surface area (Å²) < 4.78 is 0. The van der Waals surface area contributed by atoms with Crippen molar-refractivity contribution in [2.75, 3.05) is 6.54 Å². The Balaban J connectivity index is 2.39. The van der Waals surface area contributed by atoms with E-state index < -0.39 is 5.97 Å². The Morgan fingerprint density at radius 1 is 1.10 bits per heavy atom. The first-order valence-corrected chi connectivity index (χ1v) is 7.57. The molecule has 1 aromatic rings. The molecule has 1 atom stereocenters. The maximum Gasteiger partial charge on any atom is 0.303 e. The highest BCUT2D eigenvalue weighted by molar-refractivity contribution is 5.83. The monoisotopic (exact) mass is 291 g/mol. The van der Waals surface area contributed by atoms with E-state index in [9.17, 15) is 9.59 Å². The van der Waals surface area contributed by atoms with E-state index in [0.29, 0.717) is 13.0 Å². The molecule has 0 fully saturated rings. The highest BCUT2D eigenvalue weighted by atomic mass is 16.4. The molecule has 1 rings (SSSR count). The molecule has 116 valence electrons. The molecule has 4 nitrogen and oxygen atoms in total. The Labute approximate surface area is 126 Å². The first-order valence-electron chi connectivity index (χ1n) is 7.57. The average molecular weight is 291 g/mol. The van der Waals surface area contributed by atoms with E-state index in [-0.39, 0.29) is 24.2 Å². The molecule has 21 heavy (non-hydrogen) atoms. The second kappa shape index (κ2) is 9.16. The normalized spacial score (nSPS) is 12.1.